The van der Waals surface area contributed by atoms with Crippen LogP contribution >= 0.6 is 12.6 Å². The van der Waals surface area contributed by atoms with E-state index >= 15 is 0 Å². The van der Waals surface area contributed by atoms with E-state index in [4.69, 9.17) is 10.8 Å². The molecule has 0 rings (SSSR count). The van der Waals surface area contributed by atoms with Crippen LogP contribution in [0.15, 0.2) is 0 Å². The number of nitrogens with one attached hydrogen (secondary N) is 3. The Bertz CT molecular complexity index is 516. The standard InChI is InChI=1S/C15H28N4O6S/c1-4-7(2)12(19-13(22)11(16)8(3)20)14(23)17-5-10(21)18-9(6-26)15(24)25/h7-9,11-12,20,26H,4-6,16H2,1-3H3,(H,17,23)(H,18,21)(H,19,22)(H,24,25). The highest BCUT2D eigenvalue weighted by Gasteiger charge is 2.29. The maximum absolute atomic E-state index is 12.3. The minimum absolute atomic E-state index is 0.0994. The maximum Gasteiger partial charge on any atom is 0.327 e. The molecule has 0 aliphatic rings. The molecule has 0 heterocycles. The summed E-state index contributed by atoms with van der Waals surface area (Å²) in [7, 11) is 0. The van der Waals surface area contributed by atoms with Crippen molar-refractivity contribution in [2.75, 3.05) is 12.3 Å². The Morgan fingerprint density at radius 2 is 1.69 bits per heavy atom. The molecule has 0 aromatic rings. The summed E-state index contributed by atoms with van der Waals surface area (Å²) in [4.78, 5) is 46.9. The Balaban J connectivity index is 4.82. The topological polar surface area (TPSA) is 171 Å². The van der Waals surface area contributed by atoms with Crippen molar-refractivity contribution >= 4 is 36.3 Å². The number of aliphatic carboxylic acids is 1. The summed E-state index contributed by atoms with van der Waals surface area (Å²) in [5.41, 5.74) is 5.55. The zero-order chi connectivity index (χ0) is 20.4. The minimum Gasteiger partial charge on any atom is -0.480 e. The molecule has 150 valence electrons. The van der Waals surface area contributed by atoms with Crippen LogP contribution in [0, 0.1) is 5.92 Å². The molecule has 0 aromatic heterocycles. The Morgan fingerprint density at radius 1 is 1.12 bits per heavy atom. The molecular formula is C15H28N4O6S. The number of aliphatic hydroxyl groups is 1. The van der Waals surface area contributed by atoms with E-state index in [1.807, 2.05) is 6.92 Å². The summed E-state index contributed by atoms with van der Waals surface area (Å²) in [5, 5.41) is 25.3. The van der Waals surface area contributed by atoms with Gasteiger partial charge in [-0.3, -0.25) is 14.4 Å². The Kier molecular flexibility index (Phi) is 10.9. The quantitative estimate of drug-likeness (QED) is 0.196. The fourth-order valence-corrected chi connectivity index (χ4v) is 2.13. The van der Waals surface area contributed by atoms with Gasteiger partial charge in [0.2, 0.25) is 17.7 Å². The molecule has 0 aliphatic heterocycles. The van der Waals surface area contributed by atoms with Crippen LogP contribution in [0.5, 0.6) is 0 Å². The molecule has 0 fully saturated rings. The first-order chi connectivity index (χ1) is 12.0. The average molecular weight is 392 g/mol. The number of carboxylic acids is 1. The molecule has 0 spiro atoms. The van der Waals surface area contributed by atoms with E-state index in [0.29, 0.717) is 6.42 Å². The number of rotatable bonds is 11. The second-order valence-corrected chi connectivity index (χ2v) is 6.36. The van der Waals surface area contributed by atoms with Crippen LogP contribution in [0.1, 0.15) is 27.2 Å². The highest BCUT2D eigenvalue weighted by molar-refractivity contribution is 7.80. The zero-order valence-corrected chi connectivity index (χ0v) is 16.0. The average Bonchev–Trinajstić information content (AvgIpc) is 2.59. The van der Waals surface area contributed by atoms with Crippen LogP contribution in [0.25, 0.3) is 0 Å². The predicted octanol–water partition coefficient (Wildman–Crippen LogP) is -2.16. The Hall–Kier alpha value is -1.85. The van der Waals surface area contributed by atoms with Crippen LogP contribution in [0.3, 0.4) is 0 Å². The first-order valence-corrected chi connectivity index (χ1v) is 8.83. The zero-order valence-electron chi connectivity index (χ0n) is 15.1. The third-order valence-electron chi connectivity index (χ3n) is 3.85. The molecule has 5 atom stereocenters. The van der Waals surface area contributed by atoms with Crippen LogP contribution in [0.4, 0.5) is 0 Å². The lowest BCUT2D eigenvalue weighted by molar-refractivity contribution is -0.141. The first-order valence-electron chi connectivity index (χ1n) is 8.19. The number of carbonyl (C=O) groups excluding carboxylic acids is 3. The van der Waals surface area contributed by atoms with Gasteiger partial charge in [-0.05, 0) is 12.8 Å². The molecule has 0 saturated carbocycles. The minimum atomic E-state index is -1.24. The number of carbonyl (C=O) groups is 4. The molecule has 0 radical (unpaired) electrons. The normalized spacial score (nSPS) is 16.5. The van der Waals surface area contributed by atoms with E-state index < -0.39 is 54.5 Å². The molecule has 11 heteroatoms. The van der Waals surface area contributed by atoms with Gasteiger partial charge in [-0.2, -0.15) is 12.6 Å². The summed E-state index contributed by atoms with van der Waals surface area (Å²) in [5.74, 6) is -3.60. The predicted molar refractivity (Wildman–Crippen MR) is 97.5 cm³/mol. The van der Waals surface area contributed by atoms with Crippen molar-refractivity contribution < 1.29 is 29.4 Å². The molecule has 0 aromatic carbocycles. The Morgan fingerprint density at radius 3 is 2.12 bits per heavy atom. The van der Waals surface area contributed by atoms with Crippen molar-refractivity contribution in [3.63, 3.8) is 0 Å². The molecule has 0 bridgehead atoms. The van der Waals surface area contributed by atoms with Crippen molar-refractivity contribution in [3.05, 3.63) is 0 Å². The summed E-state index contributed by atoms with van der Waals surface area (Å²) < 4.78 is 0. The number of aliphatic hydroxyl groups excluding tert-OH is 1. The smallest absolute Gasteiger partial charge is 0.327 e. The van der Waals surface area contributed by atoms with Crippen molar-refractivity contribution in [1.82, 2.24) is 16.0 Å². The summed E-state index contributed by atoms with van der Waals surface area (Å²) in [6.45, 7) is 4.46. The number of carboxylic acid groups (broad SMARTS) is 1. The number of hydrogen-bond acceptors (Lipinski definition) is 7. The lowest BCUT2D eigenvalue weighted by Crippen LogP contribution is -2.57. The van der Waals surface area contributed by atoms with Crippen molar-refractivity contribution in [2.45, 2.75) is 51.4 Å². The van der Waals surface area contributed by atoms with Gasteiger partial charge in [-0.25, -0.2) is 4.79 Å². The van der Waals surface area contributed by atoms with Gasteiger partial charge < -0.3 is 31.9 Å². The highest BCUT2D eigenvalue weighted by Crippen LogP contribution is 2.08. The van der Waals surface area contributed by atoms with Crippen molar-refractivity contribution in [3.8, 4) is 0 Å². The van der Waals surface area contributed by atoms with E-state index in [1.54, 1.807) is 6.92 Å². The van der Waals surface area contributed by atoms with E-state index in [1.165, 1.54) is 6.92 Å². The van der Waals surface area contributed by atoms with Crippen LogP contribution in [-0.2, 0) is 19.2 Å². The van der Waals surface area contributed by atoms with Crippen molar-refractivity contribution in [1.29, 1.82) is 0 Å². The SMILES string of the molecule is CCC(C)C(NC(=O)C(N)C(C)O)C(=O)NCC(=O)NC(CS)C(=O)O. The monoisotopic (exact) mass is 392 g/mol. The highest BCUT2D eigenvalue weighted by atomic mass is 32.1. The summed E-state index contributed by atoms with van der Waals surface area (Å²) in [6.07, 6.45) is -0.523. The van der Waals surface area contributed by atoms with Crippen molar-refractivity contribution in [2.24, 2.45) is 11.7 Å². The van der Waals surface area contributed by atoms with E-state index in [2.05, 4.69) is 28.6 Å². The fraction of sp³-hybridized carbons (Fsp3) is 0.733. The third-order valence-corrected chi connectivity index (χ3v) is 4.22. The second-order valence-electron chi connectivity index (χ2n) is 6.00. The van der Waals surface area contributed by atoms with Crippen LogP contribution in [-0.4, -0.2) is 70.4 Å². The van der Waals surface area contributed by atoms with Gasteiger partial charge in [0, 0.05) is 5.75 Å². The summed E-state index contributed by atoms with van der Waals surface area (Å²) >= 11 is 3.82. The number of hydrogen-bond donors (Lipinski definition) is 7. The van der Waals surface area contributed by atoms with Gasteiger partial charge >= 0.3 is 5.97 Å². The Labute approximate surface area is 157 Å². The van der Waals surface area contributed by atoms with Gasteiger partial charge in [0.1, 0.15) is 18.1 Å². The molecule has 0 saturated heterocycles. The molecule has 5 unspecified atom stereocenters. The largest absolute Gasteiger partial charge is 0.480 e. The summed E-state index contributed by atoms with van der Waals surface area (Å²) in [6, 6.07) is -3.31. The van der Waals surface area contributed by atoms with Gasteiger partial charge in [0.05, 0.1) is 12.6 Å². The number of amides is 3. The molecule has 10 nitrogen and oxygen atoms in total. The molecule has 0 aliphatic carbocycles. The maximum atomic E-state index is 12.3. The molecule has 26 heavy (non-hydrogen) atoms. The first kappa shape index (κ1) is 24.1. The number of thiol groups is 1. The second kappa shape index (κ2) is 11.7. The number of nitrogens with two attached hydrogens (primary N) is 1. The molecule has 3 amide bonds. The van der Waals surface area contributed by atoms with E-state index in [-0.39, 0.29) is 11.7 Å². The fourth-order valence-electron chi connectivity index (χ4n) is 1.88. The third kappa shape index (κ3) is 8.02. The lowest BCUT2D eigenvalue weighted by Gasteiger charge is -2.25. The lowest BCUT2D eigenvalue weighted by atomic mass is 9.97. The molecular weight excluding hydrogens is 364 g/mol. The van der Waals surface area contributed by atoms with E-state index in [0.717, 1.165) is 0 Å². The van der Waals surface area contributed by atoms with Gasteiger partial charge in [-0.15, -0.1) is 0 Å². The van der Waals surface area contributed by atoms with Crippen LogP contribution in [0.2, 0.25) is 0 Å². The van der Waals surface area contributed by atoms with Gasteiger partial charge in [-0.1, -0.05) is 20.3 Å². The van der Waals surface area contributed by atoms with Gasteiger partial charge in [0.15, 0.2) is 0 Å². The molecule has 7 N–H and O–H groups in total. The van der Waals surface area contributed by atoms with Gasteiger partial charge in [0.25, 0.3) is 0 Å². The van der Waals surface area contributed by atoms with Crippen LogP contribution < -0.4 is 21.7 Å². The van der Waals surface area contributed by atoms with E-state index in [9.17, 15) is 24.3 Å².